The SMILES string of the molecule is Cc1cc(C(=O)OCC(=O)Nc2ccc(Cl)cc2C(=O)c2ccccc2)ccc1[N+](=O)[O-]. The van der Waals surface area contributed by atoms with E-state index >= 15 is 0 Å². The number of carbonyl (C=O) groups is 3. The minimum Gasteiger partial charge on any atom is -0.452 e. The summed E-state index contributed by atoms with van der Waals surface area (Å²) in [6.45, 7) is 0.879. The van der Waals surface area contributed by atoms with Crippen LogP contribution in [0.2, 0.25) is 5.02 Å². The van der Waals surface area contributed by atoms with Crippen LogP contribution >= 0.6 is 11.6 Å². The molecule has 0 aliphatic carbocycles. The van der Waals surface area contributed by atoms with Gasteiger partial charge in [0.15, 0.2) is 12.4 Å². The predicted molar refractivity (Wildman–Crippen MR) is 118 cm³/mol. The maximum absolute atomic E-state index is 12.8. The normalized spacial score (nSPS) is 10.3. The first-order valence-electron chi connectivity index (χ1n) is 9.37. The van der Waals surface area contributed by atoms with Crippen molar-refractivity contribution in [3.05, 3.63) is 104 Å². The maximum Gasteiger partial charge on any atom is 0.338 e. The number of amides is 1. The molecule has 0 spiro atoms. The van der Waals surface area contributed by atoms with E-state index in [1.807, 2.05) is 0 Å². The molecule has 162 valence electrons. The second-order valence-corrected chi connectivity index (χ2v) is 7.20. The van der Waals surface area contributed by atoms with E-state index in [1.54, 1.807) is 30.3 Å². The molecule has 0 saturated carbocycles. The number of rotatable bonds is 7. The van der Waals surface area contributed by atoms with Gasteiger partial charge in [-0.05, 0) is 37.3 Å². The van der Waals surface area contributed by atoms with Gasteiger partial charge in [0.05, 0.1) is 16.2 Å². The lowest BCUT2D eigenvalue weighted by Gasteiger charge is -2.12. The summed E-state index contributed by atoms with van der Waals surface area (Å²) in [5.74, 6) is -1.81. The van der Waals surface area contributed by atoms with Crippen molar-refractivity contribution in [2.24, 2.45) is 0 Å². The number of nitro groups is 1. The number of ether oxygens (including phenoxy) is 1. The molecule has 0 aliphatic rings. The number of nitro benzene ring substituents is 1. The van der Waals surface area contributed by atoms with Crippen molar-refractivity contribution in [1.29, 1.82) is 0 Å². The lowest BCUT2D eigenvalue weighted by atomic mass is 10.0. The molecule has 1 N–H and O–H groups in total. The number of carbonyl (C=O) groups excluding carboxylic acids is 3. The predicted octanol–water partition coefficient (Wildman–Crippen LogP) is 4.58. The van der Waals surface area contributed by atoms with Gasteiger partial charge in [-0.3, -0.25) is 19.7 Å². The van der Waals surface area contributed by atoms with Crippen LogP contribution in [0, 0.1) is 17.0 Å². The highest BCUT2D eigenvalue weighted by Crippen LogP contribution is 2.24. The Balaban J connectivity index is 1.69. The van der Waals surface area contributed by atoms with Gasteiger partial charge < -0.3 is 10.1 Å². The standard InChI is InChI=1S/C23H17ClN2O6/c1-14-11-16(7-10-20(14)26(30)31)23(29)32-13-21(27)25-19-9-8-17(24)12-18(19)22(28)15-5-3-2-4-6-15/h2-12H,13H2,1H3,(H,25,27). The molecular formula is C23H17ClN2O6. The Morgan fingerprint density at radius 2 is 1.72 bits per heavy atom. The lowest BCUT2D eigenvalue weighted by molar-refractivity contribution is -0.385. The number of ketones is 1. The van der Waals surface area contributed by atoms with Gasteiger partial charge in [0.1, 0.15) is 0 Å². The molecule has 0 saturated heterocycles. The lowest BCUT2D eigenvalue weighted by Crippen LogP contribution is -2.22. The average molecular weight is 453 g/mol. The Morgan fingerprint density at radius 1 is 1.00 bits per heavy atom. The minimum absolute atomic E-state index is 0.0762. The highest BCUT2D eigenvalue weighted by Gasteiger charge is 2.18. The van der Waals surface area contributed by atoms with E-state index in [-0.39, 0.29) is 28.3 Å². The molecule has 0 bridgehead atoms. The number of halogens is 1. The Hall–Kier alpha value is -4.04. The summed E-state index contributed by atoms with van der Waals surface area (Å²) in [5, 5.41) is 13.7. The fourth-order valence-electron chi connectivity index (χ4n) is 2.95. The second kappa shape index (κ2) is 9.84. The molecule has 0 atom stereocenters. The molecule has 0 heterocycles. The van der Waals surface area contributed by atoms with E-state index in [0.29, 0.717) is 16.1 Å². The molecule has 0 aliphatic heterocycles. The van der Waals surface area contributed by atoms with Crippen LogP contribution in [0.1, 0.15) is 31.8 Å². The summed E-state index contributed by atoms with van der Waals surface area (Å²) in [4.78, 5) is 47.7. The Morgan fingerprint density at radius 3 is 2.38 bits per heavy atom. The monoisotopic (exact) mass is 452 g/mol. The third-order valence-corrected chi connectivity index (χ3v) is 4.73. The van der Waals surface area contributed by atoms with Gasteiger partial charge in [0.2, 0.25) is 0 Å². The van der Waals surface area contributed by atoms with Gasteiger partial charge in [-0.1, -0.05) is 41.9 Å². The molecule has 1 amide bonds. The largest absolute Gasteiger partial charge is 0.452 e. The summed E-state index contributed by atoms with van der Waals surface area (Å²) < 4.78 is 4.99. The topological polar surface area (TPSA) is 116 Å². The number of aryl methyl sites for hydroxylation is 1. The Labute approximate surface area is 187 Å². The number of nitrogens with zero attached hydrogens (tertiary/aromatic N) is 1. The first kappa shape index (κ1) is 22.6. The van der Waals surface area contributed by atoms with Crippen LogP contribution in [-0.4, -0.2) is 29.2 Å². The Bertz CT molecular complexity index is 1210. The molecule has 0 aromatic heterocycles. The van der Waals surface area contributed by atoms with Crippen molar-refractivity contribution in [2.45, 2.75) is 6.92 Å². The molecule has 0 fully saturated rings. The van der Waals surface area contributed by atoms with Crippen LogP contribution in [0.25, 0.3) is 0 Å². The molecule has 8 nitrogen and oxygen atoms in total. The third kappa shape index (κ3) is 5.35. The molecule has 3 aromatic carbocycles. The van der Waals surface area contributed by atoms with Crippen molar-refractivity contribution in [2.75, 3.05) is 11.9 Å². The number of esters is 1. The highest BCUT2D eigenvalue weighted by molar-refractivity contribution is 6.31. The maximum atomic E-state index is 12.8. The van der Waals surface area contributed by atoms with Gasteiger partial charge in [0, 0.05) is 27.8 Å². The van der Waals surface area contributed by atoms with Crippen LogP contribution in [-0.2, 0) is 9.53 Å². The number of hydrogen-bond donors (Lipinski definition) is 1. The Kier molecular flexibility index (Phi) is 6.97. The first-order valence-corrected chi connectivity index (χ1v) is 9.75. The number of nitrogens with one attached hydrogen (secondary N) is 1. The summed E-state index contributed by atoms with van der Waals surface area (Å²) in [6.07, 6.45) is 0. The van der Waals surface area contributed by atoms with Crippen molar-refractivity contribution in [3.63, 3.8) is 0 Å². The van der Waals surface area contributed by atoms with Crippen molar-refractivity contribution < 1.29 is 24.0 Å². The summed E-state index contributed by atoms with van der Waals surface area (Å²) in [6, 6.07) is 16.7. The van der Waals surface area contributed by atoms with E-state index < -0.39 is 23.4 Å². The van der Waals surface area contributed by atoms with E-state index in [2.05, 4.69) is 5.32 Å². The number of anilines is 1. The zero-order chi connectivity index (χ0) is 23.3. The number of hydrogen-bond acceptors (Lipinski definition) is 6. The van der Waals surface area contributed by atoms with E-state index in [9.17, 15) is 24.5 Å². The smallest absolute Gasteiger partial charge is 0.338 e. The van der Waals surface area contributed by atoms with Gasteiger partial charge >= 0.3 is 5.97 Å². The fraction of sp³-hybridized carbons (Fsp3) is 0.0870. The van der Waals surface area contributed by atoms with Gasteiger partial charge in [0.25, 0.3) is 11.6 Å². The first-order chi connectivity index (χ1) is 15.3. The van der Waals surface area contributed by atoms with Crippen LogP contribution in [0.5, 0.6) is 0 Å². The van der Waals surface area contributed by atoms with E-state index in [1.165, 1.54) is 43.3 Å². The van der Waals surface area contributed by atoms with Crippen molar-refractivity contribution >= 4 is 40.6 Å². The second-order valence-electron chi connectivity index (χ2n) is 6.77. The van der Waals surface area contributed by atoms with E-state index in [4.69, 9.17) is 16.3 Å². The quantitative estimate of drug-likeness (QED) is 0.243. The summed E-state index contributed by atoms with van der Waals surface area (Å²) in [5.41, 5.74) is 1.07. The minimum atomic E-state index is -0.810. The van der Waals surface area contributed by atoms with Crippen LogP contribution in [0.3, 0.4) is 0 Å². The third-order valence-electron chi connectivity index (χ3n) is 4.50. The van der Waals surface area contributed by atoms with Crippen LogP contribution in [0.4, 0.5) is 11.4 Å². The zero-order valence-electron chi connectivity index (χ0n) is 16.8. The summed E-state index contributed by atoms with van der Waals surface area (Å²) in [7, 11) is 0. The van der Waals surface area contributed by atoms with Crippen molar-refractivity contribution in [3.8, 4) is 0 Å². The average Bonchev–Trinajstić information content (AvgIpc) is 2.78. The molecule has 0 radical (unpaired) electrons. The molecule has 32 heavy (non-hydrogen) atoms. The van der Waals surface area contributed by atoms with Gasteiger partial charge in [-0.2, -0.15) is 0 Å². The van der Waals surface area contributed by atoms with Gasteiger partial charge in [-0.25, -0.2) is 4.79 Å². The molecule has 3 aromatic rings. The highest BCUT2D eigenvalue weighted by atomic mass is 35.5. The van der Waals surface area contributed by atoms with Crippen molar-refractivity contribution in [1.82, 2.24) is 0 Å². The molecule has 0 unspecified atom stereocenters. The molecule has 3 rings (SSSR count). The number of benzene rings is 3. The zero-order valence-corrected chi connectivity index (χ0v) is 17.6. The summed E-state index contributed by atoms with van der Waals surface area (Å²) >= 11 is 6.02. The van der Waals surface area contributed by atoms with E-state index in [0.717, 1.165) is 0 Å². The van der Waals surface area contributed by atoms with Crippen LogP contribution < -0.4 is 5.32 Å². The van der Waals surface area contributed by atoms with Crippen LogP contribution in [0.15, 0.2) is 66.7 Å². The van der Waals surface area contributed by atoms with Gasteiger partial charge in [-0.15, -0.1) is 0 Å². The molecule has 9 heteroatoms. The molecular weight excluding hydrogens is 436 g/mol. The fourth-order valence-corrected chi connectivity index (χ4v) is 3.12.